The second-order valence-corrected chi connectivity index (χ2v) is 9.05. The van der Waals surface area contributed by atoms with E-state index in [2.05, 4.69) is 10.6 Å². The summed E-state index contributed by atoms with van der Waals surface area (Å²) in [5, 5.41) is 14.1. The molecule has 11 heteroatoms. The Balaban J connectivity index is 1.94. The molecule has 2 N–H and O–H groups in total. The van der Waals surface area contributed by atoms with Crippen LogP contribution in [0.2, 0.25) is 0 Å². The summed E-state index contributed by atoms with van der Waals surface area (Å²) < 4.78 is 73.6. The second-order valence-electron chi connectivity index (χ2n) is 9.05. The van der Waals surface area contributed by atoms with Gasteiger partial charge in [-0.2, -0.15) is 18.4 Å². The standard InChI is InChI=1S/C29H22F5N3O3/c1-15(14-35)37-27(38)21-11-17(5-8-23(21)31)20-13-22-24(12-18(20)9-10-29(32,33)34)40-26(25(22)28(39)36-2)16-3-6-19(30)7-4-16/h3-9,11-13,15,20H,10H2,1-2H3,(H,36,39)(H,37,38)/b18-9+. The van der Waals surface area contributed by atoms with Crippen molar-refractivity contribution in [2.75, 3.05) is 7.05 Å². The Labute approximate surface area is 225 Å². The third kappa shape index (κ3) is 5.96. The first kappa shape index (κ1) is 28.3. The number of rotatable bonds is 6. The molecule has 0 fully saturated rings. The van der Waals surface area contributed by atoms with Gasteiger partial charge in [0.15, 0.2) is 0 Å². The zero-order valence-corrected chi connectivity index (χ0v) is 21.2. The number of alkyl halides is 3. The number of nitrogens with one attached hydrogen (secondary N) is 2. The van der Waals surface area contributed by atoms with Gasteiger partial charge in [-0.25, -0.2) is 8.78 Å². The minimum absolute atomic E-state index is 0.0724. The van der Waals surface area contributed by atoms with E-state index in [1.165, 1.54) is 62.5 Å². The molecule has 1 aliphatic rings. The number of carbonyl (C=O) groups excluding carboxylic acids is 2. The first-order valence-electron chi connectivity index (χ1n) is 12.0. The first-order valence-corrected chi connectivity index (χ1v) is 12.0. The number of hydrogen-bond acceptors (Lipinski definition) is 4. The van der Waals surface area contributed by atoms with E-state index in [1.807, 2.05) is 0 Å². The third-order valence-corrected chi connectivity index (χ3v) is 6.23. The van der Waals surface area contributed by atoms with Crippen molar-refractivity contribution in [3.8, 4) is 17.4 Å². The molecule has 2 aromatic carbocycles. The summed E-state index contributed by atoms with van der Waals surface area (Å²) in [5.41, 5.74) is 0.532. The second kappa shape index (κ2) is 11.2. The molecular formula is C29H22F5N3O3. The maximum Gasteiger partial charge on any atom is 0.392 e. The Hall–Kier alpha value is -4.72. The molecule has 2 amide bonds. The molecule has 2 atom stereocenters. The number of amides is 2. The van der Waals surface area contributed by atoms with Crippen LogP contribution in [0.1, 0.15) is 45.5 Å². The fraction of sp³-hybridized carbons (Fsp3) is 0.207. The van der Waals surface area contributed by atoms with Gasteiger partial charge < -0.3 is 15.1 Å². The van der Waals surface area contributed by atoms with Crippen LogP contribution in [0.25, 0.3) is 23.5 Å². The number of halogens is 5. The van der Waals surface area contributed by atoms with Gasteiger partial charge in [0.2, 0.25) is 0 Å². The van der Waals surface area contributed by atoms with Gasteiger partial charge in [-0.15, -0.1) is 0 Å². The summed E-state index contributed by atoms with van der Waals surface area (Å²) >= 11 is 0. The number of benzene rings is 2. The minimum atomic E-state index is -4.53. The van der Waals surface area contributed by atoms with Crippen LogP contribution >= 0.6 is 0 Å². The van der Waals surface area contributed by atoms with Gasteiger partial charge in [-0.3, -0.25) is 9.59 Å². The van der Waals surface area contributed by atoms with Gasteiger partial charge in [0.25, 0.3) is 11.8 Å². The quantitative estimate of drug-likeness (QED) is 0.439. The molecule has 6 nitrogen and oxygen atoms in total. The fourth-order valence-electron chi connectivity index (χ4n) is 4.32. The van der Waals surface area contributed by atoms with E-state index < -0.39 is 53.6 Å². The van der Waals surface area contributed by atoms with Crippen LogP contribution in [0.3, 0.4) is 0 Å². The van der Waals surface area contributed by atoms with Gasteiger partial charge >= 0.3 is 6.18 Å². The van der Waals surface area contributed by atoms with E-state index in [0.717, 1.165) is 12.1 Å². The van der Waals surface area contributed by atoms with Crippen LogP contribution in [-0.2, 0) is 0 Å². The number of hydrogen-bond donors (Lipinski definition) is 2. The lowest BCUT2D eigenvalue weighted by Crippen LogP contribution is -2.34. The molecule has 3 aromatic rings. The summed E-state index contributed by atoms with van der Waals surface area (Å²) in [6.07, 6.45) is -1.99. The van der Waals surface area contributed by atoms with E-state index in [1.54, 1.807) is 6.07 Å². The molecule has 0 saturated heterocycles. The highest BCUT2D eigenvalue weighted by molar-refractivity contribution is 6.00. The summed E-state index contributed by atoms with van der Waals surface area (Å²) in [7, 11) is 1.39. The number of fused-ring (bicyclic) bond motifs is 1. The van der Waals surface area contributed by atoms with Crippen LogP contribution in [0.15, 0.2) is 58.5 Å². The van der Waals surface area contributed by atoms with E-state index in [0.29, 0.717) is 5.56 Å². The summed E-state index contributed by atoms with van der Waals surface area (Å²) in [6.45, 7) is 1.40. The summed E-state index contributed by atoms with van der Waals surface area (Å²) in [5.74, 6) is -3.68. The molecular weight excluding hydrogens is 533 g/mol. The SMILES string of the molecule is CNC(=O)c1c(-c2ccc(F)cc2)oc2c1=CC(c1ccc(F)c(C(=O)NC(C)C#N)c1)/C(=C/CC(F)(F)F)C=2. The number of furan rings is 1. The van der Waals surface area contributed by atoms with Crippen LogP contribution < -0.4 is 21.3 Å². The monoisotopic (exact) mass is 555 g/mol. The Morgan fingerprint density at radius 2 is 1.82 bits per heavy atom. The van der Waals surface area contributed by atoms with Crippen molar-refractivity contribution in [2.24, 2.45) is 0 Å². The first-order chi connectivity index (χ1) is 18.9. The molecule has 40 heavy (non-hydrogen) atoms. The number of nitrogens with zero attached hydrogens (tertiary/aromatic N) is 1. The molecule has 0 radical (unpaired) electrons. The maximum absolute atomic E-state index is 14.6. The Morgan fingerprint density at radius 1 is 1.12 bits per heavy atom. The van der Waals surface area contributed by atoms with Crippen molar-refractivity contribution in [3.63, 3.8) is 0 Å². The maximum atomic E-state index is 14.6. The topological polar surface area (TPSA) is 95.1 Å². The molecule has 0 aliphatic heterocycles. The van der Waals surface area contributed by atoms with Gasteiger partial charge in [-0.1, -0.05) is 18.2 Å². The van der Waals surface area contributed by atoms with Crippen molar-refractivity contribution in [1.29, 1.82) is 5.26 Å². The van der Waals surface area contributed by atoms with Crippen molar-refractivity contribution < 1.29 is 36.0 Å². The number of carbonyl (C=O) groups is 2. The molecule has 2 unspecified atom stereocenters. The normalized spacial score (nSPS) is 16.2. The lowest BCUT2D eigenvalue weighted by molar-refractivity contribution is -0.125. The summed E-state index contributed by atoms with van der Waals surface area (Å²) in [4.78, 5) is 25.5. The van der Waals surface area contributed by atoms with Crippen LogP contribution in [0.4, 0.5) is 22.0 Å². The third-order valence-electron chi connectivity index (χ3n) is 6.23. The number of allylic oxidation sites excluding steroid dienone is 2. The molecule has 4 rings (SSSR count). The summed E-state index contributed by atoms with van der Waals surface area (Å²) in [6, 6.07) is 9.55. The average Bonchev–Trinajstić information content (AvgIpc) is 3.29. The van der Waals surface area contributed by atoms with E-state index in [-0.39, 0.29) is 33.1 Å². The zero-order valence-electron chi connectivity index (χ0n) is 21.2. The largest absolute Gasteiger partial charge is 0.455 e. The van der Waals surface area contributed by atoms with E-state index in [9.17, 15) is 31.5 Å². The van der Waals surface area contributed by atoms with E-state index >= 15 is 0 Å². The van der Waals surface area contributed by atoms with Crippen LogP contribution in [0, 0.1) is 23.0 Å². The molecule has 0 bridgehead atoms. The zero-order chi connectivity index (χ0) is 29.2. The predicted octanol–water partition coefficient (Wildman–Crippen LogP) is 4.46. The molecule has 0 saturated carbocycles. The van der Waals surface area contributed by atoms with Crippen molar-refractivity contribution in [2.45, 2.75) is 31.5 Å². The fourth-order valence-corrected chi connectivity index (χ4v) is 4.32. The predicted molar refractivity (Wildman–Crippen MR) is 136 cm³/mol. The van der Waals surface area contributed by atoms with Gasteiger partial charge in [0.1, 0.15) is 28.9 Å². The van der Waals surface area contributed by atoms with Crippen molar-refractivity contribution in [1.82, 2.24) is 10.6 Å². The average molecular weight is 556 g/mol. The van der Waals surface area contributed by atoms with E-state index in [4.69, 9.17) is 9.68 Å². The highest BCUT2D eigenvalue weighted by Crippen LogP contribution is 2.33. The van der Waals surface area contributed by atoms with Crippen LogP contribution in [-0.4, -0.2) is 31.1 Å². The lowest BCUT2D eigenvalue weighted by atomic mass is 9.85. The molecule has 1 aromatic heterocycles. The molecule has 206 valence electrons. The van der Waals surface area contributed by atoms with Gasteiger partial charge in [0.05, 0.1) is 23.6 Å². The lowest BCUT2D eigenvalue weighted by Gasteiger charge is -2.19. The molecule has 1 aliphatic carbocycles. The van der Waals surface area contributed by atoms with Gasteiger partial charge in [0, 0.05) is 23.7 Å². The van der Waals surface area contributed by atoms with Crippen molar-refractivity contribution >= 4 is 24.0 Å². The van der Waals surface area contributed by atoms with Gasteiger partial charge in [-0.05, 0) is 60.5 Å². The Kier molecular flexibility index (Phi) is 7.91. The number of nitriles is 1. The molecule has 0 spiro atoms. The van der Waals surface area contributed by atoms with Crippen molar-refractivity contribution in [3.05, 3.63) is 93.1 Å². The minimum Gasteiger partial charge on any atom is -0.455 e. The van der Waals surface area contributed by atoms with Crippen LogP contribution in [0.5, 0.6) is 0 Å². The highest BCUT2D eigenvalue weighted by atomic mass is 19.4. The smallest absolute Gasteiger partial charge is 0.392 e. The highest BCUT2D eigenvalue weighted by Gasteiger charge is 2.29. The molecule has 1 heterocycles. The Morgan fingerprint density at radius 3 is 2.45 bits per heavy atom. The Bertz CT molecular complexity index is 1660.